The van der Waals surface area contributed by atoms with E-state index in [9.17, 15) is 4.21 Å². The topological polar surface area (TPSA) is 20.9 Å². The Labute approximate surface area is 212 Å². The summed E-state index contributed by atoms with van der Waals surface area (Å²) in [6, 6.07) is 28.8. The molecule has 4 aromatic rings. The summed E-state index contributed by atoms with van der Waals surface area (Å²) in [6.45, 7) is 0.931. The van der Waals surface area contributed by atoms with Crippen molar-refractivity contribution in [1.29, 1.82) is 0 Å². The van der Waals surface area contributed by atoms with Crippen LogP contribution in [0.1, 0.15) is 24.8 Å². The van der Waals surface area contributed by atoms with Crippen molar-refractivity contribution < 1.29 is 32.8 Å². The van der Waals surface area contributed by atoms with E-state index in [1.807, 2.05) is 30.3 Å². The van der Waals surface area contributed by atoms with Crippen LogP contribution < -0.4 is 28.5 Å². The molecule has 0 fully saturated rings. The molecule has 3 aromatic carbocycles. The van der Waals surface area contributed by atoms with Crippen LogP contribution in [0.3, 0.4) is 0 Å². The fourth-order valence-electron chi connectivity index (χ4n) is 3.70. The molecule has 1 aromatic heterocycles. The first-order valence-electron chi connectivity index (χ1n) is 10.3. The highest BCUT2D eigenvalue weighted by Crippen LogP contribution is 2.21. The number of aryl methyl sites for hydroxylation is 2. The Hall–Kier alpha value is -1.57. The molecule has 2 nitrogen and oxygen atoms in total. The average molecular weight is 606 g/mol. The van der Waals surface area contributed by atoms with Gasteiger partial charge in [0.15, 0.2) is 6.20 Å². The van der Waals surface area contributed by atoms with Crippen molar-refractivity contribution in [3.05, 3.63) is 101 Å². The first kappa shape index (κ1) is 24.1. The van der Waals surface area contributed by atoms with Crippen LogP contribution >= 0.6 is 15.9 Å². The standard InChI is InChI=1S/C26H25BrNOS.HI/c27-23-14-16-24(17-15-23)30(29)25-19-22-12-6-7-13-26(22)28(20-25)18-8-2-5-11-21-9-3-1-4-10-21;/h1,3-4,6-7,9-10,12-17,19-20H,2,5,8,11,18H2;1H/q+1;/p-1. The van der Waals surface area contributed by atoms with Crippen LogP contribution in [0.25, 0.3) is 10.9 Å². The van der Waals surface area contributed by atoms with Crippen LogP contribution in [0, 0.1) is 0 Å². The Balaban J connectivity index is 0.00000272. The Morgan fingerprint density at radius 3 is 2.26 bits per heavy atom. The molecular weight excluding hydrogens is 581 g/mol. The van der Waals surface area contributed by atoms with E-state index < -0.39 is 10.8 Å². The highest BCUT2D eigenvalue weighted by Gasteiger charge is 2.16. The van der Waals surface area contributed by atoms with Crippen LogP contribution in [0.4, 0.5) is 0 Å². The number of benzene rings is 3. The Bertz CT molecular complexity index is 1150. The Morgan fingerprint density at radius 2 is 1.48 bits per heavy atom. The molecule has 0 bridgehead atoms. The van der Waals surface area contributed by atoms with E-state index in [-0.39, 0.29) is 24.0 Å². The maximum absolute atomic E-state index is 13.2. The van der Waals surface area contributed by atoms with Crippen molar-refractivity contribution in [1.82, 2.24) is 0 Å². The number of nitrogens with zero attached hydrogens (tertiary/aromatic N) is 1. The van der Waals surface area contributed by atoms with Gasteiger partial charge in [0.2, 0.25) is 5.52 Å². The molecule has 1 heterocycles. The van der Waals surface area contributed by atoms with Crippen molar-refractivity contribution in [3.8, 4) is 0 Å². The molecule has 160 valence electrons. The first-order chi connectivity index (χ1) is 14.7. The van der Waals surface area contributed by atoms with E-state index in [1.165, 1.54) is 23.9 Å². The Morgan fingerprint density at radius 1 is 0.774 bits per heavy atom. The Kier molecular flexibility index (Phi) is 9.23. The minimum absolute atomic E-state index is 0. The summed E-state index contributed by atoms with van der Waals surface area (Å²) in [5.74, 6) is 0. The number of unbranched alkanes of at least 4 members (excludes halogenated alkanes) is 2. The minimum atomic E-state index is -1.20. The van der Waals surface area contributed by atoms with Gasteiger partial charge in [-0.3, -0.25) is 0 Å². The summed E-state index contributed by atoms with van der Waals surface area (Å²) >= 11 is 3.45. The molecule has 0 amide bonds. The van der Waals surface area contributed by atoms with Crippen LogP contribution in [-0.4, -0.2) is 4.21 Å². The van der Waals surface area contributed by atoms with Crippen molar-refractivity contribution in [2.24, 2.45) is 0 Å². The summed E-state index contributed by atoms with van der Waals surface area (Å²) in [6.07, 6.45) is 6.66. The van der Waals surface area contributed by atoms with Crippen LogP contribution in [0.2, 0.25) is 0 Å². The van der Waals surface area contributed by atoms with Gasteiger partial charge >= 0.3 is 0 Å². The van der Waals surface area contributed by atoms with Gasteiger partial charge in [0.05, 0.1) is 10.8 Å². The SMILES string of the molecule is O=S(c1ccc(Br)cc1)c1cc2ccccc2[n+](CCCCCc2ccccc2)c1.[I-]. The van der Waals surface area contributed by atoms with Gasteiger partial charge in [-0.15, -0.1) is 0 Å². The summed E-state index contributed by atoms with van der Waals surface area (Å²) in [5, 5.41) is 1.13. The van der Waals surface area contributed by atoms with Crippen molar-refractivity contribution in [2.45, 2.75) is 42.0 Å². The lowest BCUT2D eigenvalue weighted by molar-refractivity contribution is -0.673. The number of para-hydroxylation sites is 1. The second-order valence-electron chi connectivity index (χ2n) is 7.45. The lowest BCUT2D eigenvalue weighted by atomic mass is 10.1. The number of pyridine rings is 1. The lowest BCUT2D eigenvalue weighted by Crippen LogP contribution is -3.00. The summed E-state index contributed by atoms with van der Waals surface area (Å²) in [4.78, 5) is 1.67. The minimum Gasteiger partial charge on any atom is -1.00 e. The molecule has 0 radical (unpaired) electrons. The maximum Gasteiger partial charge on any atom is 0.212 e. The monoisotopic (exact) mass is 605 g/mol. The predicted octanol–water partition coefficient (Wildman–Crippen LogP) is 3.47. The third kappa shape index (κ3) is 6.46. The predicted molar refractivity (Wildman–Crippen MR) is 127 cm³/mol. The lowest BCUT2D eigenvalue weighted by Gasteiger charge is -2.07. The van der Waals surface area contributed by atoms with Crippen LogP contribution in [0.5, 0.6) is 0 Å². The molecule has 0 saturated carbocycles. The zero-order valence-corrected chi connectivity index (χ0v) is 21.8. The van der Waals surface area contributed by atoms with Gasteiger partial charge in [-0.05, 0) is 61.2 Å². The second kappa shape index (κ2) is 11.9. The van der Waals surface area contributed by atoms with E-state index in [0.717, 1.165) is 39.0 Å². The van der Waals surface area contributed by atoms with Gasteiger partial charge in [0.1, 0.15) is 11.4 Å². The van der Waals surface area contributed by atoms with Gasteiger partial charge in [-0.25, -0.2) is 4.21 Å². The second-order valence-corrected chi connectivity index (χ2v) is 9.84. The number of hydrogen-bond acceptors (Lipinski definition) is 1. The summed E-state index contributed by atoms with van der Waals surface area (Å²) in [5.41, 5.74) is 2.60. The summed E-state index contributed by atoms with van der Waals surface area (Å²) < 4.78 is 16.4. The molecule has 0 spiro atoms. The molecule has 4 rings (SSSR count). The normalized spacial score (nSPS) is 11.8. The molecular formula is C26H25BrINOS. The number of rotatable bonds is 8. The highest BCUT2D eigenvalue weighted by molar-refractivity contribution is 9.10. The molecule has 5 heteroatoms. The smallest absolute Gasteiger partial charge is 0.212 e. The largest absolute Gasteiger partial charge is 1.00 e. The molecule has 0 aliphatic rings. The third-order valence-corrected chi connectivity index (χ3v) is 7.16. The van der Waals surface area contributed by atoms with Gasteiger partial charge in [0, 0.05) is 27.2 Å². The number of halogens is 2. The average Bonchev–Trinajstić information content (AvgIpc) is 2.79. The van der Waals surface area contributed by atoms with Crippen LogP contribution in [-0.2, 0) is 23.8 Å². The molecule has 0 aliphatic heterocycles. The maximum atomic E-state index is 13.2. The fourth-order valence-corrected chi connectivity index (χ4v) is 5.07. The highest BCUT2D eigenvalue weighted by atomic mass is 127. The van der Waals surface area contributed by atoms with Gasteiger partial charge in [-0.1, -0.05) is 58.4 Å². The van der Waals surface area contributed by atoms with E-state index in [2.05, 4.69) is 81.3 Å². The molecule has 31 heavy (non-hydrogen) atoms. The molecule has 1 atom stereocenters. The van der Waals surface area contributed by atoms with Crippen molar-refractivity contribution >= 4 is 37.6 Å². The van der Waals surface area contributed by atoms with Gasteiger partial charge < -0.3 is 24.0 Å². The zero-order valence-electron chi connectivity index (χ0n) is 17.2. The van der Waals surface area contributed by atoms with E-state index in [4.69, 9.17) is 0 Å². The van der Waals surface area contributed by atoms with Gasteiger partial charge in [0.25, 0.3) is 0 Å². The fraction of sp³-hybridized carbons (Fsp3) is 0.192. The molecule has 0 saturated heterocycles. The quantitative estimate of drug-likeness (QED) is 0.171. The zero-order chi connectivity index (χ0) is 20.8. The van der Waals surface area contributed by atoms with E-state index >= 15 is 0 Å². The third-order valence-electron chi connectivity index (χ3n) is 5.28. The first-order valence-corrected chi connectivity index (χ1v) is 12.3. The molecule has 0 N–H and O–H groups in total. The van der Waals surface area contributed by atoms with E-state index in [0.29, 0.717) is 0 Å². The number of hydrogen-bond donors (Lipinski definition) is 0. The van der Waals surface area contributed by atoms with Crippen LogP contribution in [0.15, 0.2) is 105 Å². The molecule has 0 aliphatic carbocycles. The van der Waals surface area contributed by atoms with Crippen molar-refractivity contribution in [3.63, 3.8) is 0 Å². The number of fused-ring (bicyclic) bond motifs is 1. The van der Waals surface area contributed by atoms with E-state index in [1.54, 1.807) is 0 Å². The van der Waals surface area contributed by atoms with Gasteiger partial charge in [-0.2, -0.15) is 4.57 Å². The molecule has 1 unspecified atom stereocenters. The number of aromatic nitrogens is 1. The van der Waals surface area contributed by atoms with Crippen molar-refractivity contribution in [2.75, 3.05) is 0 Å². The summed E-state index contributed by atoms with van der Waals surface area (Å²) in [7, 11) is -1.20.